The first-order valence-corrected chi connectivity index (χ1v) is 12.4. The maximum absolute atomic E-state index is 13.7. The summed E-state index contributed by atoms with van der Waals surface area (Å²) in [5, 5.41) is 3.77. The molecule has 36 heavy (non-hydrogen) atoms. The van der Waals surface area contributed by atoms with Crippen molar-refractivity contribution in [2.75, 3.05) is 13.7 Å². The van der Waals surface area contributed by atoms with Gasteiger partial charge in [-0.05, 0) is 43.7 Å². The summed E-state index contributed by atoms with van der Waals surface area (Å²) in [6.45, 7) is 3.48. The second kappa shape index (κ2) is 13.2. The standard InChI is InChI=1S/C28H30Cl2N2O4/c1-19(2)31-28(34)24(16-20-10-5-4-6-11-20)32(17-21-22(29)12-9-13-23(21)30)27(33)18-36-26-15-8-7-14-25(26)35-3/h4-15,19,24H,16-18H2,1-3H3,(H,31,34). The van der Waals surface area contributed by atoms with Gasteiger partial charge in [0.25, 0.3) is 5.91 Å². The third-order valence-electron chi connectivity index (χ3n) is 5.51. The predicted molar refractivity (Wildman–Crippen MR) is 143 cm³/mol. The Bertz CT molecular complexity index is 1150. The van der Waals surface area contributed by atoms with Crippen LogP contribution in [0.2, 0.25) is 10.0 Å². The Labute approximate surface area is 222 Å². The molecule has 0 aromatic heterocycles. The number of methoxy groups -OCH3 is 1. The zero-order valence-electron chi connectivity index (χ0n) is 20.5. The maximum Gasteiger partial charge on any atom is 0.261 e. The molecule has 8 heteroatoms. The second-order valence-corrected chi connectivity index (χ2v) is 9.34. The van der Waals surface area contributed by atoms with Gasteiger partial charge >= 0.3 is 0 Å². The molecule has 3 rings (SSSR count). The third kappa shape index (κ3) is 7.39. The number of carbonyl (C=O) groups is 2. The number of nitrogens with zero attached hydrogens (tertiary/aromatic N) is 1. The molecule has 190 valence electrons. The molecule has 0 saturated carbocycles. The zero-order chi connectivity index (χ0) is 26.1. The van der Waals surface area contributed by atoms with E-state index < -0.39 is 11.9 Å². The number of nitrogens with one attached hydrogen (secondary N) is 1. The quantitative estimate of drug-likeness (QED) is 0.354. The van der Waals surface area contributed by atoms with Crippen molar-refractivity contribution >= 4 is 35.0 Å². The molecule has 0 fully saturated rings. The van der Waals surface area contributed by atoms with E-state index in [-0.39, 0.29) is 25.1 Å². The van der Waals surface area contributed by atoms with Crippen LogP contribution in [0.25, 0.3) is 0 Å². The number of benzene rings is 3. The van der Waals surface area contributed by atoms with E-state index in [4.69, 9.17) is 32.7 Å². The summed E-state index contributed by atoms with van der Waals surface area (Å²) in [5.74, 6) is 0.263. The normalized spacial score (nSPS) is 11.6. The molecule has 0 aliphatic carbocycles. The fraction of sp³-hybridized carbons (Fsp3) is 0.286. The van der Waals surface area contributed by atoms with Crippen LogP contribution in [0.5, 0.6) is 11.5 Å². The minimum Gasteiger partial charge on any atom is -0.493 e. The van der Waals surface area contributed by atoms with E-state index in [0.29, 0.717) is 33.5 Å². The van der Waals surface area contributed by atoms with E-state index in [0.717, 1.165) is 5.56 Å². The van der Waals surface area contributed by atoms with Crippen molar-refractivity contribution < 1.29 is 19.1 Å². The van der Waals surface area contributed by atoms with Crippen molar-refractivity contribution in [2.45, 2.75) is 38.9 Å². The molecule has 0 spiro atoms. The molecular formula is C28H30Cl2N2O4. The van der Waals surface area contributed by atoms with E-state index in [9.17, 15) is 9.59 Å². The van der Waals surface area contributed by atoms with Crippen LogP contribution in [-0.2, 0) is 22.6 Å². The molecule has 0 heterocycles. The van der Waals surface area contributed by atoms with Gasteiger partial charge in [-0.25, -0.2) is 0 Å². The Morgan fingerprint density at radius 2 is 1.50 bits per heavy atom. The highest BCUT2D eigenvalue weighted by Gasteiger charge is 2.32. The van der Waals surface area contributed by atoms with Crippen LogP contribution in [0.4, 0.5) is 0 Å². The van der Waals surface area contributed by atoms with Gasteiger partial charge in [0.1, 0.15) is 6.04 Å². The average Bonchev–Trinajstić information content (AvgIpc) is 2.86. The van der Waals surface area contributed by atoms with Crippen molar-refractivity contribution in [2.24, 2.45) is 0 Å². The van der Waals surface area contributed by atoms with Crippen molar-refractivity contribution in [3.8, 4) is 11.5 Å². The van der Waals surface area contributed by atoms with Gasteiger partial charge in [0.05, 0.1) is 7.11 Å². The third-order valence-corrected chi connectivity index (χ3v) is 6.22. The molecule has 0 saturated heterocycles. The van der Waals surface area contributed by atoms with E-state index in [1.807, 2.05) is 50.2 Å². The molecule has 3 aromatic rings. The lowest BCUT2D eigenvalue weighted by molar-refractivity contribution is -0.143. The molecule has 0 aliphatic heterocycles. The number of rotatable bonds is 11. The van der Waals surface area contributed by atoms with Crippen LogP contribution >= 0.6 is 23.2 Å². The van der Waals surface area contributed by atoms with Crippen molar-refractivity contribution in [1.29, 1.82) is 0 Å². The number of hydrogen-bond donors (Lipinski definition) is 1. The second-order valence-electron chi connectivity index (χ2n) is 8.53. The van der Waals surface area contributed by atoms with Crippen LogP contribution in [0.3, 0.4) is 0 Å². The fourth-order valence-electron chi connectivity index (χ4n) is 3.75. The lowest BCUT2D eigenvalue weighted by Gasteiger charge is -2.32. The zero-order valence-corrected chi connectivity index (χ0v) is 22.1. The summed E-state index contributed by atoms with van der Waals surface area (Å²) < 4.78 is 11.1. The lowest BCUT2D eigenvalue weighted by atomic mass is 10.0. The first-order chi connectivity index (χ1) is 17.3. The van der Waals surface area contributed by atoms with Crippen molar-refractivity contribution in [3.63, 3.8) is 0 Å². The highest BCUT2D eigenvalue weighted by atomic mass is 35.5. The summed E-state index contributed by atoms with van der Waals surface area (Å²) in [6.07, 6.45) is 0.307. The van der Waals surface area contributed by atoms with Crippen LogP contribution < -0.4 is 14.8 Å². The Morgan fingerprint density at radius 3 is 2.11 bits per heavy atom. The van der Waals surface area contributed by atoms with Gasteiger partial charge in [0.2, 0.25) is 5.91 Å². The predicted octanol–water partition coefficient (Wildman–Crippen LogP) is 5.55. The highest BCUT2D eigenvalue weighted by molar-refractivity contribution is 6.36. The molecule has 2 amide bonds. The monoisotopic (exact) mass is 528 g/mol. The maximum atomic E-state index is 13.7. The van der Waals surface area contributed by atoms with Crippen LogP contribution in [0, 0.1) is 0 Å². The van der Waals surface area contributed by atoms with Gasteiger partial charge in [-0.2, -0.15) is 0 Å². The Hall–Kier alpha value is -3.22. The van der Waals surface area contributed by atoms with Crippen LogP contribution in [0.1, 0.15) is 25.0 Å². The number of halogens is 2. The Balaban J connectivity index is 1.97. The van der Waals surface area contributed by atoms with E-state index in [1.165, 1.54) is 12.0 Å². The fourth-order valence-corrected chi connectivity index (χ4v) is 4.27. The van der Waals surface area contributed by atoms with Gasteiger partial charge in [0.15, 0.2) is 18.1 Å². The minimum absolute atomic E-state index is 0.0373. The van der Waals surface area contributed by atoms with E-state index in [2.05, 4.69) is 5.32 Å². The molecule has 1 atom stereocenters. The van der Waals surface area contributed by atoms with Crippen LogP contribution in [-0.4, -0.2) is 42.5 Å². The van der Waals surface area contributed by atoms with Gasteiger partial charge in [-0.1, -0.05) is 71.7 Å². The van der Waals surface area contributed by atoms with Gasteiger partial charge < -0.3 is 19.7 Å². The molecule has 1 N–H and O–H groups in total. The molecular weight excluding hydrogens is 499 g/mol. The van der Waals surface area contributed by atoms with E-state index in [1.54, 1.807) is 36.4 Å². The molecule has 0 radical (unpaired) electrons. The summed E-state index contributed by atoms with van der Waals surface area (Å²) in [5.41, 5.74) is 1.47. The first-order valence-electron chi connectivity index (χ1n) is 11.6. The lowest BCUT2D eigenvalue weighted by Crippen LogP contribution is -2.52. The van der Waals surface area contributed by atoms with E-state index >= 15 is 0 Å². The highest BCUT2D eigenvalue weighted by Crippen LogP contribution is 2.28. The molecule has 1 unspecified atom stereocenters. The number of hydrogen-bond acceptors (Lipinski definition) is 4. The number of amides is 2. The SMILES string of the molecule is COc1ccccc1OCC(=O)N(Cc1c(Cl)cccc1Cl)C(Cc1ccccc1)C(=O)NC(C)C. The smallest absolute Gasteiger partial charge is 0.261 e. The summed E-state index contributed by atoms with van der Waals surface area (Å²) in [6, 6.07) is 20.8. The van der Waals surface area contributed by atoms with Gasteiger partial charge in [0, 0.05) is 34.6 Å². The van der Waals surface area contributed by atoms with Gasteiger partial charge in [-0.15, -0.1) is 0 Å². The van der Waals surface area contributed by atoms with Gasteiger partial charge in [-0.3, -0.25) is 9.59 Å². The van der Waals surface area contributed by atoms with Crippen molar-refractivity contribution in [3.05, 3.63) is 94.0 Å². The number of carbonyl (C=O) groups excluding carboxylic acids is 2. The molecule has 0 bridgehead atoms. The first kappa shape index (κ1) is 27.4. The molecule has 0 aliphatic rings. The summed E-state index contributed by atoms with van der Waals surface area (Å²) in [4.78, 5) is 28.5. The number of ether oxygens (including phenoxy) is 2. The topological polar surface area (TPSA) is 67.9 Å². The van der Waals surface area contributed by atoms with Crippen LogP contribution in [0.15, 0.2) is 72.8 Å². The Kier molecular flexibility index (Phi) is 10.0. The summed E-state index contributed by atoms with van der Waals surface area (Å²) in [7, 11) is 1.53. The average molecular weight is 529 g/mol. The van der Waals surface area contributed by atoms with Crippen molar-refractivity contribution in [1.82, 2.24) is 10.2 Å². The molecule has 6 nitrogen and oxygen atoms in total. The number of para-hydroxylation sites is 2. The molecule has 3 aromatic carbocycles. The largest absolute Gasteiger partial charge is 0.493 e. The minimum atomic E-state index is -0.823. The summed E-state index contributed by atoms with van der Waals surface area (Å²) >= 11 is 12.9. The Morgan fingerprint density at radius 1 is 0.889 bits per heavy atom.